The van der Waals surface area contributed by atoms with Crippen LogP contribution in [0.1, 0.15) is 25.1 Å². The van der Waals surface area contributed by atoms with Crippen LogP contribution in [0.5, 0.6) is 0 Å². The van der Waals surface area contributed by atoms with Gasteiger partial charge in [0.1, 0.15) is 0 Å². The van der Waals surface area contributed by atoms with E-state index in [1.54, 1.807) is 0 Å². The zero-order chi connectivity index (χ0) is 15.3. The van der Waals surface area contributed by atoms with E-state index in [2.05, 4.69) is 15.5 Å². The molecule has 1 aromatic heterocycles. The van der Waals surface area contributed by atoms with Gasteiger partial charge in [0.2, 0.25) is 0 Å². The number of aromatic nitrogens is 2. The average molecular weight is 304 g/mol. The highest BCUT2D eigenvalue weighted by Crippen LogP contribution is 2.19. The number of rotatable bonds is 8. The lowest BCUT2D eigenvalue weighted by molar-refractivity contribution is 0.185. The zero-order valence-electron chi connectivity index (χ0n) is 12.7. The van der Waals surface area contributed by atoms with Crippen molar-refractivity contribution < 1.29 is 13.2 Å². The molecular formula is C12H24N4O3S. The van der Waals surface area contributed by atoms with Gasteiger partial charge in [-0.1, -0.05) is 13.8 Å². The molecule has 0 radical (unpaired) electrons. The van der Waals surface area contributed by atoms with E-state index in [0.29, 0.717) is 25.3 Å². The summed E-state index contributed by atoms with van der Waals surface area (Å²) in [7, 11) is -0.533. The highest BCUT2D eigenvalue weighted by molar-refractivity contribution is 7.89. The van der Waals surface area contributed by atoms with Crippen molar-refractivity contribution in [1.82, 2.24) is 19.8 Å². The van der Waals surface area contributed by atoms with Gasteiger partial charge in [-0.25, -0.2) is 8.42 Å². The van der Waals surface area contributed by atoms with E-state index in [0.717, 1.165) is 5.69 Å². The molecule has 116 valence electrons. The Hall–Kier alpha value is -0.960. The number of methoxy groups -OCH3 is 1. The highest BCUT2D eigenvalue weighted by atomic mass is 32.2. The van der Waals surface area contributed by atoms with Gasteiger partial charge in [0.25, 0.3) is 10.0 Å². The number of hydrogen-bond acceptors (Lipinski definition) is 5. The maximum atomic E-state index is 12.5. The Labute approximate surface area is 120 Å². The van der Waals surface area contributed by atoms with Crippen molar-refractivity contribution in [2.45, 2.75) is 38.4 Å². The number of nitrogens with one attached hydrogen (secondary N) is 2. The lowest BCUT2D eigenvalue weighted by Crippen LogP contribution is -2.32. The summed E-state index contributed by atoms with van der Waals surface area (Å²) >= 11 is 0. The number of nitrogens with zero attached hydrogens (tertiary/aromatic N) is 2. The minimum absolute atomic E-state index is 0.0850. The maximum absolute atomic E-state index is 12.5. The second-order valence-corrected chi connectivity index (χ2v) is 6.95. The summed E-state index contributed by atoms with van der Waals surface area (Å²) in [6.45, 7) is 6.94. The molecule has 0 spiro atoms. The molecular weight excluding hydrogens is 280 g/mol. The molecule has 0 amide bonds. The quantitative estimate of drug-likeness (QED) is 0.729. The molecule has 7 nitrogen and oxygen atoms in total. The van der Waals surface area contributed by atoms with E-state index in [1.807, 2.05) is 20.8 Å². The molecule has 0 aliphatic rings. The molecule has 2 N–H and O–H groups in total. The first-order chi connectivity index (χ1) is 9.30. The second-order valence-electron chi connectivity index (χ2n) is 4.99. The van der Waals surface area contributed by atoms with Gasteiger partial charge >= 0.3 is 0 Å². The summed E-state index contributed by atoms with van der Waals surface area (Å²) in [6, 6.07) is 0.270. The molecule has 0 saturated carbocycles. The third kappa shape index (κ3) is 4.02. The molecule has 0 fully saturated rings. The van der Waals surface area contributed by atoms with E-state index in [4.69, 9.17) is 4.74 Å². The SMILES string of the molecule is COCCN(C)S(=O)(=O)c1n[nH]c(C)c1CNC(C)C. The number of sulfonamides is 1. The summed E-state index contributed by atoms with van der Waals surface area (Å²) in [5.41, 5.74) is 1.44. The minimum atomic E-state index is -3.60. The molecule has 0 aliphatic carbocycles. The first kappa shape index (κ1) is 17.1. The van der Waals surface area contributed by atoms with Crippen LogP contribution in [-0.2, 0) is 21.3 Å². The first-order valence-electron chi connectivity index (χ1n) is 6.53. The summed E-state index contributed by atoms with van der Waals surface area (Å²) in [4.78, 5) is 0. The Morgan fingerprint density at radius 1 is 1.45 bits per heavy atom. The van der Waals surface area contributed by atoms with Crippen molar-refractivity contribution >= 4 is 10.0 Å². The van der Waals surface area contributed by atoms with Gasteiger partial charge in [-0.3, -0.25) is 5.10 Å². The van der Waals surface area contributed by atoms with Gasteiger partial charge in [0, 0.05) is 44.5 Å². The van der Waals surface area contributed by atoms with Crippen molar-refractivity contribution in [3.63, 3.8) is 0 Å². The van der Waals surface area contributed by atoms with Crippen molar-refractivity contribution in [3.05, 3.63) is 11.3 Å². The Bertz CT molecular complexity index is 525. The second kappa shape index (κ2) is 7.16. The molecule has 0 aliphatic heterocycles. The number of H-pyrrole nitrogens is 1. The number of ether oxygens (including phenoxy) is 1. The lowest BCUT2D eigenvalue weighted by Gasteiger charge is -2.16. The molecule has 0 aromatic carbocycles. The van der Waals surface area contributed by atoms with E-state index < -0.39 is 10.0 Å². The van der Waals surface area contributed by atoms with Crippen LogP contribution >= 0.6 is 0 Å². The normalized spacial score (nSPS) is 12.6. The maximum Gasteiger partial charge on any atom is 0.262 e. The van der Waals surface area contributed by atoms with Crippen LogP contribution in [0.2, 0.25) is 0 Å². The topological polar surface area (TPSA) is 87.3 Å². The number of aromatic amines is 1. The Morgan fingerprint density at radius 3 is 2.65 bits per heavy atom. The van der Waals surface area contributed by atoms with E-state index in [-0.39, 0.29) is 11.1 Å². The van der Waals surface area contributed by atoms with Crippen molar-refractivity contribution in [2.75, 3.05) is 27.3 Å². The van der Waals surface area contributed by atoms with Gasteiger partial charge in [0.05, 0.1) is 6.61 Å². The summed E-state index contributed by atoms with van der Waals surface area (Å²) in [5.74, 6) is 0. The molecule has 0 unspecified atom stereocenters. The van der Waals surface area contributed by atoms with E-state index >= 15 is 0 Å². The van der Waals surface area contributed by atoms with E-state index in [1.165, 1.54) is 18.5 Å². The Balaban J connectivity index is 3.00. The van der Waals surface area contributed by atoms with Crippen molar-refractivity contribution in [3.8, 4) is 0 Å². The van der Waals surface area contributed by atoms with Gasteiger partial charge in [-0.05, 0) is 6.92 Å². The number of aryl methyl sites for hydroxylation is 1. The number of hydrogen-bond donors (Lipinski definition) is 2. The summed E-state index contributed by atoms with van der Waals surface area (Å²) < 4.78 is 31.1. The predicted octanol–water partition coefficient (Wildman–Crippen LogP) is 0.483. The van der Waals surface area contributed by atoms with Gasteiger partial charge in [-0.15, -0.1) is 0 Å². The van der Waals surface area contributed by atoms with Crippen molar-refractivity contribution in [1.29, 1.82) is 0 Å². The standard InChI is InChI=1S/C12H24N4O3S/c1-9(2)13-8-11-10(3)14-15-12(11)20(17,18)16(4)6-7-19-5/h9,13H,6-8H2,1-5H3,(H,14,15). The fraction of sp³-hybridized carbons (Fsp3) is 0.750. The molecule has 8 heteroatoms. The van der Waals surface area contributed by atoms with Crippen LogP contribution in [0.15, 0.2) is 5.03 Å². The fourth-order valence-corrected chi connectivity index (χ4v) is 2.95. The first-order valence-corrected chi connectivity index (χ1v) is 7.97. The van der Waals surface area contributed by atoms with Crippen LogP contribution in [0.25, 0.3) is 0 Å². The van der Waals surface area contributed by atoms with Gasteiger partial charge in [-0.2, -0.15) is 9.40 Å². The molecule has 20 heavy (non-hydrogen) atoms. The Morgan fingerprint density at radius 2 is 2.10 bits per heavy atom. The van der Waals surface area contributed by atoms with Crippen LogP contribution < -0.4 is 5.32 Å². The monoisotopic (exact) mass is 304 g/mol. The molecule has 1 rings (SSSR count). The van der Waals surface area contributed by atoms with Crippen molar-refractivity contribution in [2.24, 2.45) is 0 Å². The van der Waals surface area contributed by atoms with Crippen LogP contribution in [0, 0.1) is 6.92 Å². The summed E-state index contributed by atoms with van der Waals surface area (Å²) in [5, 5.41) is 10.0. The third-order valence-electron chi connectivity index (χ3n) is 2.99. The van der Waals surface area contributed by atoms with Crippen LogP contribution in [-0.4, -0.2) is 56.3 Å². The molecule has 1 heterocycles. The zero-order valence-corrected chi connectivity index (χ0v) is 13.5. The van der Waals surface area contributed by atoms with Crippen LogP contribution in [0.4, 0.5) is 0 Å². The average Bonchev–Trinajstić information content (AvgIpc) is 2.75. The molecule has 1 aromatic rings. The predicted molar refractivity (Wildman–Crippen MR) is 77.0 cm³/mol. The van der Waals surface area contributed by atoms with Gasteiger partial charge in [0.15, 0.2) is 5.03 Å². The lowest BCUT2D eigenvalue weighted by atomic mass is 10.2. The van der Waals surface area contributed by atoms with E-state index in [9.17, 15) is 8.42 Å². The smallest absolute Gasteiger partial charge is 0.262 e. The molecule has 0 bridgehead atoms. The molecule has 0 saturated heterocycles. The number of likely N-dealkylation sites (N-methyl/N-ethyl adjacent to an activating group) is 1. The largest absolute Gasteiger partial charge is 0.383 e. The highest BCUT2D eigenvalue weighted by Gasteiger charge is 2.27. The van der Waals surface area contributed by atoms with Crippen LogP contribution in [0.3, 0.4) is 0 Å². The molecule has 0 atom stereocenters. The summed E-state index contributed by atoms with van der Waals surface area (Å²) in [6.07, 6.45) is 0. The minimum Gasteiger partial charge on any atom is -0.383 e. The third-order valence-corrected chi connectivity index (χ3v) is 4.82. The van der Waals surface area contributed by atoms with Gasteiger partial charge < -0.3 is 10.1 Å². The Kier molecular flexibility index (Phi) is 6.12. The fourth-order valence-electron chi connectivity index (χ4n) is 1.65.